The summed E-state index contributed by atoms with van der Waals surface area (Å²) < 4.78 is 27.0. The van der Waals surface area contributed by atoms with E-state index in [1.807, 2.05) is 0 Å². The summed E-state index contributed by atoms with van der Waals surface area (Å²) in [6.07, 6.45) is -0.583. The molecule has 0 unspecified atom stereocenters. The van der Waals surface area contributed by atoms with Crippen molar-refractivity contribution in [3.8, 4) is 5.69 Å². The van der Waals surface area contributed by atoms with Gasteiger partial charge in [0.2, 0.25) is 0 Å². The zero-order valence-electron chi connectivity index (χ0n) is 10.1. The number of halogens is 3. The Labute approximate surface area is 120 Å². The summed E-state index contributed by atoms with van der Waals surface area (Å²) >= 11 is 3.18. The molecule has 0 bridgehead atoms. The van der Waals surface area contributed by atoms with Crippen LogP contribution >= 0.6 is 15.9 Å². The van der Waals surface area contributed by atoms with Gasteiger partial charge < -0.3 is 5.73 Å². The van der Waals surface area contributed by atoms with E-state index >= 15 is 0 Å². The van der Waals surface area contributed by atoms with Crippen LogP contribution in [0.25, 0.3) is 5.69 Å². The predicted molar refractivity (Wildman–Crippen MR) is 71.7 cm³/mol. The van der Waals surface area contributed by atoms with Crippen molar-refractivity contribution in [3.05, 3.63) is 50.9 Å². The number of aromatic nitrogens is 4. The molecule has 6 nitrogen and oxygen atoms in total. The fourth-order valence-corrected chi connectivity index (χ4v) is 2.01. The van der Waals surface area contributed by atoms with E-state index in [0.717, 1.165) is 0 Å². The second-order valence-electron chi connectivity index (χ2n) is 3.86. The molecule has 2 rings (SSSR count). The van der Waals surface area contributed by atoms with Gasteiger partial charge in [-0.15, -0.1) is 0 Å². The van der Waals surface area contributed by atoms with Crippen LogP contribution in [-0.2, 0) is 6.42 Å². The summed E-state index contributed by atoms with van der Waals surface area (Å²) in [5, 5.41) is 6.00. The van der Waals surface area contributed by atoms with E-state index in [4.69, 9.17) is 5.73 Å². The lowest BCUT2D eigenvalue weighted by Crippen LogP contribution is -2.18. The Morgan fingerprint density at radius 3 is 2.85 bits per heavy atom. The first kappa shape index (κ1) is 14.5. The second-order valence-corrected chi connectivity index (χ2v) is 4.67. The van der Waals surface area contributed by atoms with Crippen molar-refractivity contribution in [2.24, 2.45) is 5.73 Å². The molecular formula is C11H10BrF2N5O. The third-order valence-corrected chi connectivity index (χ3v) is 3.03. The van der Waals surface area contributed by atoms with Gasteiger partial charge in [-0.1, -0.05) is 0 Å². The molecule has 0 fully saturated rings. The molecule has 2 aromatic heterocycles. The predicted octanol–water partition coefficient (Wildman–Crippen LogP) is 1.37. The maximum Gasteiger partial charge on any atom is 0.347 e. The van der Waals surface area contributed by atoms with Gasteiger partial charge in [0.1, 0.15) is 10.4 Å². The topological polar surface area (TPSA) is 89.6 Å². The van der Waals surface area contributed by atoms with Crippen LogP contribution in [0, 0.1) is 0 Å². The van der Waals surface area contributed by atoms with Crippen LogP contribution in [-0.4, -0.2) is 26.3 Å². The third kappa shape index (κ3) is 2.99. The summed E-state index contributed by atoms with van der Waals surface area (Å²) in [5.74, 6) is 0.154. The quantitative estimate of drug-likeness (QED) is 0.819. The van der Waals surface area contributed by atoms with Crippen LogP contribution in [0.5, 0.6) is 0 Å². The van der Waals surface area contributed by atoms with Crippen LogP contribution in [0.3, 0.4) is 0 Å². The van der Waals surface area contributed by atoms with E-state index in [1.54, 1.807) is 12.1 Å². The number of aromatic amines is 1. The summed E-state index contributed by atoms with van der Waals surface area (Å²) in [6.45, 7) is -0.302. The van der Waals surface area contributed by atoms with Gasteiger partial charge in [0.05, 0.1) is 5.69 Å². The second kappa shape index (κ2) is 6.06. The van der Waals surface area contributed by atoms with Gasteiger partial charge >= 0.3 is 5.69 Å². The normalized spacial score (nSPS) is 10.6. The number of nitrogens with zero attached hydrogens (tertiary/aromatic N) is 3. The number of H-pyrrole nitrogens is 1. The molecule has 0 aliphatic heterocycles. The average Bonchev–Trinajstić information content (AvgIpc) is 2.76. The van der Waals surface area contributed by atoms with Crippen molar-refractivity contribution in [2.75, 3.05) is 6.54 Å². The highest BCUT2D eigenvalue weighted by atomic mass is 79.9. The monoisotopic (exact) mass is 345 g/mol. The fraction of sp³-hybridized carbons (Fsp3) is 0.182. The van der Waals surface area contributed by atoms with Gasteiger partial charge in [-0.3, -0.25) is 0 Å². The van der Waals surface area contributed by atoms with Gasteiger partial charge in [-0.05, 0) is 28.1 Å². The number of hydrogen-bond donors (Lipinski definition) is 2. The minimum atomic E-state index is -1.86. The van der Waals surface area contributed by atoms with Gasteiger partial charge in [-0.2, -0.15) is 13.9 Å². The molecule has 20 heavy (non-hydrogen) atoms. The summed E-state index contributed by atoms with van der Waals surface area (Å²) in [5.41, 5.74) is 4.94. The van der Waals surface area contributed by atoms with Gasteiger partial charge in [-0.25, -0.2) is 19.4 Å². The largest absolute Gasteiger partial charge is 0.347 e. The van der Waals surface area contributed by atoms with Crippen LogP contribution in [0.2, 0.25) is 0 Å². The summed E-state index contributed by atoms with van der Waals surface area (Å²) in [4.78, 5) is 15.7. The zero-order valence-corrected chi connectivity index (χ0v) is 11.7. The smallest absolute Gasteiger partial charge is 0.327 e. The van der Waals surface area contributed by atoms with E-state index in [-0.39, 0.29) is 24.4 Å². The summed E-state index contributed by atoms with van der Waals surface area (Å²) in [6, 6.07) is 3.15. The first-order chi connectivity index (χ1) is 9.52. The number of nitrogens with one attached hydrogen (secondary N) is 1. The molecule has 0 aliphatic carbocycles. The van der Waals surface area contributed by atoms with Crippen molar-refractivity contribution < 1.29 is 8.78 Å². The van der Waals surface area contributed by atoms with Gasteiger partial charge in [0.15, 0.2) is 0 Å². The standard InChI is InChI=1S/C11H10BrF2N5O/c12-8-4-7(1-2-16-8)19-9(17-18-11(19)20)3-6(5-15)10(13)14/h1-2,4H,3,5,15H2,(H,18,20). The van der Waals surface area contributed by atoms with Crippen LogP contribution in [0.4, 0.5) is 8.78 Å². The number of pyridine rings is 1. The molecular weight excluding hydrogens is 336 g/mol. The Morgan fingerprint density at radius 1 is 1.50 bits per heavy atom. The molecule has 9 heteroatoms. The number of hydrogen-bond acceptors (Lipinski definition) is 4. The Kier molecular flexibility index (Phi) is 4.40. The molecule has 0 amide bonds. The van der Waals surface area contributed by atoms with Crippen LogP contribution in [0.1, 0.15) is 5.82 Å². The van der Waals surface area contributed by atoms with E-state index in [9.17, 15) is 13.6 Å². The lowest BCUT2D eigenvalue weighted by Gasteiger charge is -2.07. The minimum absolute atomic E-state index is 0.154. The highest BCUT2D eigenvalue weighted by Crippen LogP contribution is 2.16. The van der Waals surface area contributed by atoms with Crippen LogP contribution in [0.15, 0.2) is 39.4 Å². The van der Waals surface area contributed by atoms with E-state index in [0.29, 0.717) is 10.3 Å². The molecule has 0 saturated carbocycles. The van der Waals surface area contributed by atoms with Crippen molar-refractivity contribution in [3.63, 3.8) is 0 Å². The van der Waals surface area contributed by atoms with E-state index in [1.165, 1.54) is 10.8 Å². The van der Waals surface area contributed by atoms with Crippen molar-refractivity contribution in [2.45, 2.75) is 6.42 Å². The molecule has 106 valence electrons. The van der Waals surface area contributed by atoms with E-state index < -0.39 is 11.8 Å². The van der Waals surface area contributed by atoms with Crippen molar-refractivity contribution in [1.82, 2.24) is 19.7 Å². The molecule has 2 heterocycles. The maximum atomic E-state index is 12.6. The summed E-state index contributed by atoms with van der Waals surface area (Å²) in [7, 11) is 0. The van der Waals surface area contributed by atoms with Crippen LogP contribution < -0.4 is 11.4 Å². The Morgan fingerprint density at radius 2 is 2.25 bits per heavy atom. The van der Waals surface area contributed by atoms with Crippen molar-refractivity contribution in [1.29, 1.82) is 0 Å². The first-order valence-corrected chi connectivity index (χ1v) is 6.33. The van der Waals surface area contributed by atoms with E-state index in [2.05, 4.69) is 31.1 Å². The maximum absolute atomic E-state index is 12.6. The molecule has 0 saturated heterocycles. The fourth-order valence-electron chi connectivity index (χ4n) is 1.65. The number of rotatable bonds is 4. The molecule has 2 aromatic rings. The SMILES string of the molecule is NCC(Cc1n[nH]c(=O)n1-c1ccnc(Br)c1)=C(F)F. The molecule has 0 aliphatic rings. The van der Waals surface area contributed by atoms with Gasteiger partial charge in [0.25, 0.3) is 6.08 Å². The Balaban J connectivity index is 2.48. The molecule has 3 N–H and O–H groups in total. The molecule has 0 spiro atoms. The lowest BCUT2D eigenvalue weighted by molar-refractivity contribution is 0.407. The number of nitrogens with two attached hydrogens (primary N) is 1. The lowest BCUT2D eigenvalue weighted by atomic mass is 10.2. The highest BCUT2D eigenvalue weighted by molar-refractivity contribution is 9.10. The molecule has 0 aromatic carbocycles. The molecule has 0 atom stereocenters. The average molecular weight is 346 g/mol. The van der Waals surface area contributed by atoms with Gasteiger partial charge in [0, 0.05) is 24.7 Å². The molecule has 0 radical (unpaired) electrons. The zero-order chi connectivity index (χ0) is 14.7. The van der Waals surface area contributed by atoms with Crippen molar-refractivity contribution >= 4 is 15.9 Å². The minimum Gasteiger partial charge on any atom is -0.327 e. The Hall–Kier alpha value is -1.87. The third-order valence-electron chi connectivity index (χ3n) is 2.60. The first-order valence-electron chi connectivity index (χ1n) is 5.54. The highest BCUT2D eigenvalue weighted by Gasteiger charge is 2.15. The Bertz CT molecular complexity index is 705.